The molecule has 15 heavy (non-hydrogen) atoms. The van der Waals surface area contributed by atoms with E-state index in [0.717, 1.165) is 4.90 Å². The molecule has 1 fully saturated rings. The monoisotopic (exact) mass is 222 g/mol. The highest BCUT2D eigenvalue weighted by Crippen LogP contribution is 2.18. The summed E-state index contributed by atoms with van der Waals surface area (Å²) < 4.78 is 0. The van der Waals surface area contributed by atoms with Gasteiger partial charge in [0.15, 0.2) is 0 Å². The molecule has 80 valence electrons. The van der Waals surface area contributed by atoms with Gasteiger partial charge in [-0.05, 0) is 12.1 Å². The maximum atomic E-state index is 11.6. The molecule has 2 N–H and O–H groups in total. The number of benzene rings is 1. The number of carbonyl (C=O) groups excluding carboxylic acids is 1. The fraction of sp³-hybridized carbons (Fsp3) is 0.364. The summed E-state index contributed by atoms with van der Waals surface area (Å²) in [7, 11) is 0. The quantitative estimate of drug-likeness (QED) is 0.774. The van der Waals surface area contributed by atoms with Crippen molar-refractivity contribution in [3.63, 3.8) is 0 Å². The molecule has 1 aromatic rings. The third-order valence-corrected chi connectivity index (χ3v) is 3.36. The molecule has 2 rings (SSSR count). The summed E-state index contributed by atoms with van der Waals surface area (Å²) >= 11 is 1.58. The van der Waals surface area contributed by atoms with E-state index >= 15 is 0 Å². The molecule has 0 radical (unpaired) electrons. The van der Waals surface area contributed by atoms with E-state index in [0.29, 0.717) is 18.8 Å². The summed E-state index contributed by atoms with van der Waals surface area (Å²) in [5.41, 5.74) is 5.61. The van der Waals surface area contributed by atoms with Crippen molar-refractivity contribution in [3.05, 3.63) is 30.3 Å². The lowest BCUT2D eigenvalue weighted by molar-refractivity contribution is -0.132. The molecule has 1 saturated heterocycles. The minimum Gasteiger partial charge on any atom is -0.339 e. The van der Waals surface area contributed by atoms with E-state index in [-0.39, 0.29) is 11.9 Å². The zero-order chi connectivity index (χ0) is 10.7. The maximum absolute atomic E-state index is 11.6. The van der Waals surface area contributed by atoms with Crippen molar-refractivity contribution in [1.29, 1.82) is 0 Å². The second kappa shape index (κ2) is 4.68. The van der Waals surface area contributed by atoms with Crippen molar-refractivity contribution in [2.45, 2.75) is 10.9 Å². The van der Waals surface area contributed by atoms with Crippen LogP contribution in [0.25, 0.3) is 0 Å². The summed E-state index contributed by atoms with van der Waals surface area (Å²) in [6, 6.07) is 10.1. The third-order valence-electron chi connectivity index (χ3n) is 2.37. The first-order valence-electron chi connectivity index (χ1n) is 4.97. The van der Waals surface area contributed by atoms with Crippen molar-refractivity contribution >= 4 is 17.7 Å². The van der Waals surface area contributed by atoms with E-state index in [2.05, 4.69) is 0 Å². The Kier molecular flexibility index (Phi) is 3.28. The fourth-order valence-electron chi connectivity index (χ4n) is 1.47. The van der Waals surface area contributed by atoms with Crippen LogP contribution in [-0.2, 0) is 4.79 Å². The van der Waals surface area contributed by atoms with Crippen LogP contribution in [0.2, 0.25) is 0 Å². The highest BCUT2D eigenvalue weighted by molar-refractivity contribution is 8.00. The summed E-state index contributed by atoms with van der Waals surface area (Å²) in [5.74, 6) is 0.696. The standard InChI is InChI=1S/C11H14N2OS/c12-9-6-13(7-9)11(14)8-15-10-4-2-1-3-5-10/h1-5,9H,6-8,12H2. The largest absolute Gasteiger partial charge is 0.339 e. The zero-order valence-corrected chi connectivity index (χ0v) is 9.24. The van der Waals surface area contributed by atoms with Crippen LogP contribution in [0.5, 0.6) is 0 Å². The van der Waals surface area contributed by atoms with Gasteiger partial charge in [0.2, 0.25) is 5.91 Å². The molecule has 3 nitrogen and oxygen atoms in total. The lowest BCUT2D eigenvalue weighted by Gasteiger charge is -2.36. The molecule has 0 unspecified atom stereocenters. The third kappa shape index (κ3) is 2.73. The van der Waals surface area contributed by atoms with Crippen LogP contribution in [0, 0.1) is 0 Å². The van der Waals surface area contributed by atoms with Crippen molar-refractivity contribution in [3.8, 4) is 0 Å². The Morgan fingerprint density at radius 1 is 1.40 bits per heavy atom. The van der Waals surface area contributed by atoms with Gasteiger partial charge in [-0.3, -0.25) is 4.79 Å². The Hall–Kier alpha value is -1.00. The molecule has 0 aliphatic carbocycles. The molecule has 1 aromatic carbocycles. The van der Waals surface area contributed by atoms with Crippen LogP contribution in [0.15, 0.2) is 35.2 Å². The van der Waals surface area contributed by atoms with Crippen molar-refractivity contribution < 1.29 is 4.79 Å². The number of rotatable bonds is 3. The predicted octanol–water partition coefficient (Wildman–Crippen LogP) is 0.948. The van der Waals surface area contributed by atoms with Gasteiger partial charge in [-0.1, -0.05) is 18.2 Å². The van der Waals surface area contributed by atoms with Crippen molar-refractivity contribution in [1.82, 2.24) is 4.90 Å². The van der Waals surface area contributed by atoms with Crippen LogP contribution < -0.4 is 5.73 Å². The molecule has 4 heteroatoms. The molecule has 1 aliphatic rings. The highest BCUT2D eigenvalue weighted by Gasteiger charge is 2.26. The number of likely N-dealkylation sites (tertiary alicyclic amines) is 1. The zero-order valence-electron chi connectivity index (χ0n) is 8.43. The van der Waals surface area contributed by atoms with Crippen LogP contribution in [-0.4, -0.2) is 35.7 Å². The lowest BCUT2D eigenvalue weighted by atomic mass is 10.1. The van der Waals surface area contributed by atoms with E-state index in [1.165, 1.54) is 0 Å². The van der Waals surface area contributed by atoms with Gasteiger partial charge in [0.25, 0.3) is 0 Å². The Balaban J connectivity index is 1.76. The van der Waals surface area contributed by atoms with Gasteiger partial charge in [0.05, 0.1) is 5.75 Å². The fourth-order valence-corrected chi connectivity index (χ4v) is 2.29. The maximum Gasteiger partial charge on any atom is 0.233 e. The minimum absolute atomic E-state index is 0.186. The summed E-state index contributed by atoms with van der Waals surface area (Å²) in [6.07, 6.45) is 0. The molecular formula is C11H14N2OS. The molecule has 0 bridgehead atoms. The molecule has 1 heterocycles. The van der Waals surface area contributed by atoms with Crippen LogP contribution in [0.1, 0.15) is 0 Å². The highest BCUT2D eigenvalue weighted by atomic mass is 32.2. The molecule has 0 atom stereocenters. The van der Waals surface area contributed by atoms with Crippen LogP contribution >= 0.6 is 11.8 Å². The first kappa shape index (κ1) is 10.5. The second-order valence-corrected chi connectivity index (χ2v) is 4.71. The van der Waals surface area contributed by atoms with Gasteiger partial charge in [-0.25, -0.2) is 0 Å². The summed E-state index contributed by atoms with van der Waals surface area (Å²) in [5, 5.41) is 0. The van der Waals surface area contributed by atoms with E-state index in [1.807, 2.05) is 30.3 Å². The average Bonchev–Trinajstić information content (AvgIpc) is 2.23. The minimum atomic E-state index is 0.186. The first-order valence-corrected chi connectivity index (χ1v) is 5.95. The van der Waals surface area contributed by atoms with Crippen LogP contribution in [0.4, 0.5) is 0 Å². The van der Waals surface area contributed by atoms with Crippen molar-refractivity contribution in [2.24, 2.45) is 5.73 Å². The molecule has 1 aliphatic heterocycles. The Labute approximate surface area is 93.6 Å². The normalized spacial score (nSPS) is 16.2. The van der Waals surface area contributed by atoms with Gasteiger partial charge in [-0.15, -0.1) is 11.8 Å². The molecule has 1 amide bonds. The van der Waals surface area contributed by atoms with Gasteiger partial charge < -0.3 is 10.6 Å². The average molecular weight is 222 g/mol. The summed E-state index contributed by atoms with van der Waals surface area (Å²) in [4.78, 5) is 14.5. The van der Waals surface area contributed by atoms with Crippen molar-refractivity contribution in [2.75, 3.05) is 18.8 Å². The van der Waals surface area contributed by atoms with E-state index in [1.54, 1.807) is 16.7 Å². The topological polar surface area (TPSA) is 46.3 Å². The Morgan fingerprint density at radius 2 is 2.07 bits per heavy atom. The van der Waals surface area contributed by atoms with Gasteiger partial charge in [0, 0.05) is 24.0 Å². The summed E-state index contributed by atoms with van der Waals surface area (Å²) in [6.45, 7) is 1.43. The lowest BCUT2D eigenvalue weighted by Crippen LogP contribution is -2.58. The Morgan fingerprint density at radius 3 is 2.67 bits per heavy atom. The second-order valence-electron chi connectivity index (χ2n) is 3.66. The van der Waals surface area contributed by atoms with Gasteiger partial charge >= 0.3 is 0 Å². The predicted molar refractivity (Wildman–Crippen MR) is 61.7 cm³/mol. The molecule has 0 aromatic heterocycles. The van der Waals surface area contributed by atoms with E-state index < -0.39 is 0 Å². The first-order chi connectivity index (χ1) is 7.25. The van der Waals surface area contributed by atoms with Gasteiger partial charge in [-0.2, -0.15) is 0 Å². The van der Waals surface area contributed by atoms with Gasteiger partial charge in [0.1, 0.15) is 0 Å². The van der Waals surface area contributed by atoms with E-state index in [9.17, 15) is 4.79 Å². The number of hydrogen-bond acceptors (Lipinski definition) is 3. The number of carbonyl (C=O) groups is 1. The molecular weight excluding hydrogens is 208 g/mol. The smallest absolute Gasteiger partial charge is 0.233 e. The number of amides is 1. The number of nitrogens with zero attached hydrogens (tertiary/aromatic N) is 1. The number of hydrogen-bond donors (Lipinski definition) is 1. The number of thioether (sulfide) groups is 1. The molecule has 0 spiro atoms. The van der Waals surface area contributed by atoms with E-state index in [4.69, 9.17) is 5.73 Å². The van der Waals surface area contributed by atoms with Crippen LogP contribution in [0.3, 0.4) is 0 Å². The molecule has 0 saturated carbocycles. The Bertz CT molecular complexity index is 336. The number of nitrogens with two attached hydrogens (primary N) is 1. The SMILES string of the molecule is NC1CN(C(=O)CSc2ccccc2)C1.